The van der Waals surface area contributed by atoms with E-state index in [1.165, 1.54) is 0 Å². The molecule has 0 saturated carbocycles. The summed E-state index contributed by atoms with van der Waals surface area (Å²) in [5.41, 5.74) is 3.61. The van der Waals surface area contributed by atoms with Crippen molar-refractivity contribution in [2.45, 2.75) is 13.8 Å². The minimum absolute atomic E-state index is 0.205. The molecule has 0 heterocycles. The van der Waals surface area contributed by atoms with E-state index in [1.807, 2.05) is 26.0 Å². The van der Waals surface area contributed by atoms with Crippen LogP contribution < -0.4 is 9.47 Å². The Bertz CT molecular complexity index is 1130. The molecule has 0 aromatic heterocycles. The first kappa shape index (κ1) is 22.5. The third kappa shape index (κ3) is 6.15. The standard InChI is InChI=1S/C26H24N2O4/c1-4-17-31-24-13-9-22(10-14-24)26(30)32-25-15-7-21(8-16-25)19(3)28-27-18(2)20-5-11-23(29)12-6-20/h4-16,29H,1,17H2,2-3H3. The molecule has 0 aliphatic heterocycles. The third-order valence-corrected chi connectivity index (χ3v) is 4.58. The number of hydrogen-bond donors (Lipinski definition) is 1. The molecule has 0 bridgehead atoms. The van der Waals surface area contributed by atoms with Crippen LogP contribution >= 0.6 is 0 Å². The number of aromatic hydroxyl groups is 1. The van der Waals surface area contributed by atoms with Gasteiger partial charge in [0.05, 0.1) is 17.0 Å². The van der Waals surface area contributed by atoms with Gasteiger partial charge in [-0.3, -0.25) is 0 Å². The maximum absolute atomic E-state index is 12.4. The summed E-state index contributed by atoms with van der Waals surface area (Å²) in [6.07, 6.45) is 1.65. The van der Waals surface area contributed by atoms with Gasteiger partial charge in [0.1, 0.15) is 23.9 Å². The average Bonchev–Trinajstić information content (AvgIpc) is 2.82. The Labute approximate surface area is 187 Å². The van der Waals surface area contributed by atoms with Crippen LogP contribution in [0.5, 0.6) is 17.2 Å². The second-order valence-electron chi connectivity index (χ2n) is 6.96. The average molecular weight is 428 g/mol. The SMILES string of the molecule is C=CCOc1ccc(C(=O)Oc2ccc(C(C)=NN=C(C)c3ccc(O)cc3)cc2)cc1. The van der Waals surface area contributed by atoms with Gasteiger partial charge < -0.3 is 14.6 Å². The summed E-state index contributed by atoms with van der Waals surface area (Å²) >= 11 is 0. The predicted octanol–water partition coefficient (Wildman–Crippen LogP) is 5.41. The topological polar surface area (TPSA) is 80.5 Å². The monoisotopic (exact) mass is 428 g/mol. The van der Waals surface area contributed by atoms with Gasteiger partial charge in [-0.2, -0.15) is 10.2 Å². The van der Waals surface area contributed by atoms with E-state index in [9.17, 15) is 9.90 Å². The Hall–Kier alpha value is -4.19. The highest BCUT2D eigenvalue weighted by atomic mass is 16.5. The van der Waals surface area contributed by atoms with Gasteiger partial charge >= 0.3 is 5.97 Å². The van der Waals surface area contributed by atoms with Gasteiger partial charge in [0.15, 0.2) is 0 Å². The first-order chi connectivity index (χ1) is 15.5. The zero-order valence-corrected chi connectivity index (χ0v) is 18.0. The van der Waals surface area contributed by atoms with Crippen molar-refractivity contribution in [1.82, 2.24) is 0 Å². The van der Waals surface area contributed by atoms with Crippen LogP contribution in [-0.4, -0.2) is 29.1 Å². The molecule has 3 aromatic rings. The minimum Gasteiger partial charge on any atom is -0.508 e. The lowest BCUT2D eigenvalue weighted by Gasteiger charge is -2.07. The van der Waals surface area contributed by atoms with Gasteiger partial charge in [-0.1, -0.05) is 12.7 Å². The molecule has 0 aliphatic carbocycles. The van der Waals surface area contributed by atoms with Crippen LogP contribution in [0.4, 0.5) is 0 Å². The number of rotatable bonds is 8. The Morgan fingerprint density at radius 1 is 0.812 bits per heavy atom. The van der Waals surface area contributed by atoms with E-state index in [0.29, 0.717) is 23.7 Å². The van der Waals surface area contributed by atoms with E-state index in [1.54, 1.807) is 66.7 Å². The van der Waals surface area contributed by atoms with Crippen LogP contribution in [0.25, 0.3) is 0 Å². The lowest BCUT2D eigenvalue weighted by atomic mass is 10.1. The summed E-state index contributed by atoms with van der Waals surface area (Å²) in [5, 5.41) is 17.9. The molecule has 3 aromatic carbocycles. The van der Waals surface area contributed by atoms with Crippen LogP contribution in [0, 0.1) is 0 Å². The maximum atomic E-state index is 12.4. The molecule has 0 spiro atoms. The number of phenolic OH excluding ortho intramolecular Hbond substituents is 1. The molecule has 1 N–H and O–H groups in total. The fourth-order valence-corrected chi connectivity index (χ4v) is 2.74. The molecule has 0 saturated heterocycles. The number of hydrogen-bond acceptors (Lipinski definition) is 6. The Balaban J connectivity index is 1.63. The first-order valence-electron chi connectivity index (χ1n) is 10.0. The van der Waals surface area contributed by atoms with Crippen LogP contribution in [0.1, 0.15) is 35.3 Å². The fraction of sp³-hybridized carbons (Fsp3) is 0.115. The highest BCUT2D eigenvalue weighted by molar-refractivity contribution is 6.01. The first-order valence-corrected chi connectivity index (χ1v) is 10.0. The van der Waals surface area contributed by atoms with E-state index in [-0.39, 0.29) is 5.75 Å². The number of carbonyl (C=O) groups is 1. The minimum atomic E-state index is -0.451. The van der Waals surface area contributed by atoms with E-state index < -0.39 is 5.97 Å². The van der Waals surface area contributed by atoms with Crippen LogP contribution in [-0.2, 0) is 0 Å². The number of carbonyl (C=O) groups excluding carboxylic acids is 1. The van der Waals surface area contributed by atoms with Crippen molar-refractivity contribution in [3.8, 4) is 17.2 Å². The van der Waals surface area contributed by atoms with E-state index >= 15 is 0 Å². The second kappa shape index (κ2) is 10.7. The summed E-state index contributed by atoms with van der Waals surface area (Å²) in [6, 6.07) is 20.6. The number of phenols is 1. The van der Waals surface area contributed by atoms with Crippen molar-refractivity contribution in [2.24, 2.45) is 10.2 Å². The Morgan fingerprint density at radius 3 is 1.81 bits per heavy atom. The second-order valence-corrected chi connectivity index (χ2v) is 6.96. The fourth-order valence-electron chi connectivity index (χ4n) is 2.74. The Morgan fingerprint density at radius 2 is 1.28 bits per heavy atom. The molecule has 0 aliphatic rings. The lowest BCUT2D eigenvalue weighted by molar-refractivity contribution is 0.0734. The zero-order chi connectivity index (χ0) is 22.9. The summed E-state index contributed by atoms with van der Waals surface area (Å²) in [6.45, 7) is 7.70. The molecule has 3 rings (SSSR count). The number of nitrogens with zero attached hydrogens (tertiary/aromatic N) is 2. The van der Waals surface area contributed by atoms with Gasteiger partial charge in [0.25, 0.3) is 0 Å². The molecular weight excluding hydrogens is 404 g/mol. The highest BCUT2D eigenvalue weighted by Gasteiger charge is 2.09. The molecule has 0 unspecified atom stereocenters. The van der Waals surface area contributed by atoms with Crippen molar-refractivity contribution < 1.29 is 19.4 Å². The smallest absolute Gasteiger partial charge is 0.343 e. The van der Waals surface area contributed by atoms with Crippen molar-refractivity contribution in [3.05, 3.63) is 102 Å². The molecule has 0 radical (unpaired) electrons. The van der Waals surface area contributed by atoms with Gasteiger partial charge in [-0.05, 0) is 97.8 Å². The molecule has 0 amide bonds. The predicted molar refractivity (Wildman–Crippen MR) is 126 cm³/mol. The summed E-state index contributed by atoms with van der Waals surface area (Å²) in [7, 11) is 0. The highest BCUT2D eigenvalue weighted by Crippen LogP contribution is 2.17. The maximum Gasteiger partial charge on any atom is 0.343 e. The van der Waals surface area contributed by atoms with Crippen LogP contribution in [0.15, 0.2) is 95.7 Å². The van der Waals surface area contributed by atoms with E-state index in [0.717, 1.165) is 22.6 Å². The van der Waals surface area contributed by atoms with Gasteiger partial charge in [0.2, 0.25) is 0 Å². The molecule has 0 atom stereocenters. The molecule has 0 fully saturated rings. The van der Waals surface area contributed by atoms with Gasteiger partial charge in [-0.15, -0.1) is 0 Å². The number of ether oxygens (including phenoxy) is 2. The van der Waals surface area contributed by atoms with Crippen molar-refractivity contribution in [3.63, 3.8) is 0 Å². The van der Waals surface area contributed by atoms with Crippen molar-refractivity contribution in [1.29, 1.82) is 0 Å². The van der Waals surface area contributed by atoms with Gasteiger partial charge in [0, 0.05) is 0 Å². The van der Waals surface area contributed by atoms with Crippen LogP contribution in [0.3, 0.4) is 0 Å². The third-order valence-electron chi connectivity index (χ3n) is 4.58. The largest absolute Gasteiger partial charge is 0.508 e. The number of esters is 1. The summed E-state index contributed by atoms with van der Waals surface area (Å²) in [5.74, 6) is 0.843. The number of benzene rings is 3. The molecular formula is C26H24N2O4. The normalized spacial score (nSPS) is 11.7. The summed E-state index contributed by atoms with van der Waals surface area (Å²) in [4.78, 5) is 12.4. The van der Waals surface area contributed by atoms with Crippen molar-refractivity contribution in [2.75, 3.05) is 6.61 Å². The molecule has 6 nitrogen and oxygen atoms in total. The Kier molecular flexibility index (Phi) is 7.54. The molecule has 6 heteroatoms. The summed E-state index contributed by atoms with van der Waals surface area (Å²) < 4.78 is 10.8. The molecule has 162 valence electrons. The van der Waals surface area contributed by atoms with Gasteiger partial charge in [-0.25, -0.2) is 4.79 Å². The van der Waals surface area contributed by atoms with E-state index in [4.69, 9.17) is 9.47 Å². The molecule has 32 heavy (non-hydrogen) atoms. The van der Waals surface area contributed by atoms with E-state index in [2.05, 4.69) is 16.8 Å². The van der Waals surface area contributed by atoms with Crippen molar-refractivity contribution >= 4 is 17.4 Å². The quantitative estimate of drug-likeness (QED) is 0.171. The lowest BCUT2D eigenvalue weighted by Crippen LogP contribution is -2.08. The zero-order valence-electron chi connectivity index (χ0n) is 18.0. The van der Waals surface area contributed by atoms with Crippen LogP contribution in [0.2, 0.25) is 0 Å².